The summed E-state index contributed by atoms with van der Waals surface area (Å²) in [5, 5.41) is 6.01. The molecule has 0 spiro atoms. The standard InChI is InChI=1S/C19H16F2N4/c1-2-10-22-18-12-17(13-6-4-3-5-7-13)24-19(25-18)23-14-8-9-15(20)16(21)11-14/h2-9,11-12H,1,10H2,(H2,22,23,24,25). The summed E-state index contributed by atoms with van der Waals surface area (Å²) in [4.78, 5) is 8.80. The minimum absolute atomic E-state index is 0.277. The molecule has 126 valence electrons. The Morgan fingerprint density at radius 3 is 2.48 bits per heavy atom. The van der Waals surface area contributed by atoms with Gasteiger partial charge in [-0.1, -0.05) is 36.4 Å². The van der Waals surface area contributed by atoms with Crippen molar-refractivity contribution in [3.8, 4) is 11.3 Å². The lowest BCUT2D eigenvalue weighted by atomic mass is 10.1. The summed E-state index contributed by atoms with van der Waals surface area (Å²) in [5.74, 6) is -0.968. The monoisotopic (exact) mass is 338 g/mol. The van der Waals surface area contributed by atoms with E-state index in [1.165, 1.54) is 6.07 Å². The number of hydrogen-bond donors (Lipinski definition) is 2. The van der Waals surface area contributed by atoms with Gasteiger partial charge in [-0.05, 0) is 12.1 Å². The van der Waals surface area contributed by atoms with Gasteiger partial charge in [0.1, 0.15) is 5.82 Å². The van der Waals surface area contributed by atoms with Crippen LogP contribution in [0.1, 0.15) is 0 Å². The predicted octanol–water partition coefficient (Wildman–Crippen LogP) is 4.76. The number of halogens is 2. The number of aromatic nitrogens is 2. The third kappa shape index (κ3) is 4.17. The highest BCUT2D eigenvalue weighted by Gasteiger charge is 2.08. The molecule has 3 rings (SSSR count). The Kier molecular flexibility index (Phi) is 4.99. The molecule has 4 nitrogen and oxygen atoms in total. The summed E-state index contributed by atoms with van der Waals surface area (Å²) >= 11 is 0. The number of nitrogens with one attached hydrogen (secondary N) is 2. The molecule has 1 aromatic heterocycles. The van der Waals surface area contributed by atoms with Gasteiger partial charge >= 0.3 is 0 Å². The van der Waals surface area contributed by atoms with Crippen molar-refractivity contribution < 1.29 is 8.78 Å². The average molecular weight is 338 g/mol. The first-order valence-corrected chi connectivity index (χ1v) is 7.67. The fourth-order valence-electron chi connectivity index (χ4n) is 2.23. The zero-order valence-corrected chi connectivity index (χ0v) is 13.3. The molecule has 3 aromatic rings. The van der Waals surface area contributed by atoms with Crippen molar-refractivity contribution in [3.63, 3.8) is 0 Å². The van der Waals surface area contributed by atoms with Crippen LogP contribution in [0.5, 0.6) is 0 Å². The summed E-state index contributed by atoms with van der Waals surface area (Å²) in [6.45, 7) is 4.20. The minimum atomic E-state index is -0.936. The molecule has 0 saturated carbocycles. The van der Waals surface area contributed by atoms with E-state index < -0.39 is 11.6 Å². The molecule has 0 fully saturated rings. The van der Waals surface area contributed by atoms with Gasteiger partial charge in [-0.2, -0.15) is 4.98 Å². The topological polar surface area (TPSA) is 49.8 Å². The highest BCUT2D eigenvalue weighted by molar-refractivity contribution is 5.66. The van der Waals surface area contributed by atoms with Gasteiger partial charge in [-0.15, -0.1) is 6.58 Å². The summed E-state index contributed by atoms with van der Waals surface area (Å²) in [7, 11) is 0. The van der Waals surface area contributed by atoms with E-state index in [0.717, 1.165) is 17.7 Å². The Labute approximate surface area is 144 Å². The molecule has 0 atom stereocenters. The molecule has 0 radical (unpaired) electrons. The maximum absolute atomic E-state index is 13.4. The predicted molar refractivity (Wildman–Crippen MR) is 95.8 cm³/mol. The van der Waals surface area contributed by atoms with E-state index in [-0.39, 0.29) is 5.95 Å². The van der Waals surface area contributed by atoms with Gasteiger partial charge in [0, 0.05) is 29.9 Å². The maximum Gasteiger partial charge on any atom is 0.229 e. The molecule has 0 aliphatic heterocycles. The lowest BCUT2D eigenvalue weighted by molar-refractivity contribution is 0.509. The van der Waals surface area contributed by atoms with Crippen LogP contribution in [0, 0.1) is 11.6 Å². The second-order valence-corrected chi connectivity index (χ2v) is 5.25. The molecular formula is C19H16F2N4. The van der Waals surface area contributed by atoms with Crippen LogP contribution in [0.15, 0.2) is 67.3 Å². The van der Waals surface area contributed by atoms with E-state index >= 15 is 0 Å². The second-order valence-electron chi connectivity index (χ2n) is 5.25. The number of rotatable bonds is 6. The third-order valence-electron chi connectivity index (χ3n) is 3.40. The van der Waals surface area contributed by atoms with Gasteiger partial charge in [0.25, 0.3) is 0 Å². The highest BCUT2D eigenvalue weighted by Crippen LogP contribution is 2.23. The summed E-state index contributed by atoms with van der Waals surface area (Å²) in [6.07, 6.45) is 1.72. The van der Waals surface area contributed by atoms with Crippen molar-refractivity contribution in [2.45, 2.75) is 0 Å². The van der Waals surface area contributed by atoms with Crippen LogP contribution in [0.25, 0.3) is 11.3 Å². The quantitative estimate of drug-likeness (QED) is 0.636. The maximum atomic E-state index is 13.4. The molecule has 25 heavy (non-hydrogen) atoms. The lowest BCUT2D eigenvalue weighted by Crippen LogP contribution is -2.05. The molecule has 1 heterocycles. The number of hydrogen-bond acceptors (Lipinski definition) is 4. The van der Waals surface area contributed by atoms with Crippen molar-refractivity contribution in [3.05, 3.63) is 78.9 Å². The molecule has 0 bridgehead atoms. The molecule has 0 aliphatic carbocycles. The molecule has 2 aromatic carbocycles. The Hall–Kier alpha value is -3.28. The van der Waals surface area contributed by atoms with Crippen LogP contribution < -0.4 is 10.6 Å². The van der Waals surface area contributed by atoms with E-state index in [0.29, 0.717) is 23.7 Å². The summed E-state index contributed by atoms with van der Waals surface area (Å²) in [6, 6.07) is 15.0. The molecule has 0 amide bonds. The van der Waals surface area contributed by atoms with Crippen molar-refractivity contribution in [1.82, 2.24) is 9.97 Å². The number of nitrogens with zero attached hydrogens (tertiary/aromatic N) is 2. The van der Waals surface area contributed by atoms with E-state index in [9.17, 15) is 8.78 Å². The van der Waals surface area contributed by atoms with Crippen molar-refractivity contribution >= 4 is 17.5 Å². The van der Waals surface area contributed by atoms with Gasteiger partial charge in [0.05, 0.1) is 5.69 Å². The Morgan fingerprint density at radius 2 is 1.76 bits per heavy atom. The van der Waals surface area contributed by atoms with Gasteiger partial charge < -0.3 is 10.6 Å². The Morgan fingerprint density at radius 1 is 0.960 bits per heavy atom. The Balaban J connectivity index is 1.96. The first-order chi connectivity index (χ1) is 12.2. The highest BCUT2D eigenvalue weighted by atomic mass is 19.2. The van der Waals surface area contributed by atoms with Crippen LogP contribution in [0.3, 0.4) is 0 Å². The van der Waals surface area contributed by atoms with E-state index in [2.05, 4.69) is 27.2 Å². The van der Waals surface area contributed by atoms with Crippen LogP contribution >= 0.6 is 0 Å². The smallest absolute Gasteiger partial charge is 0.229 e. The first-order valence-electron chi connectivity index (χ1n) is 7.67. The molecule has 2 N–H and O–H groups in total. The van der Waals surface area contributed by atoms with Crippen LogP contribution in [-0.2, 0) is 0 Å². The second kappa shape index (κ2) is 7.53. The van der Waals surface area contributed by atoms with E-state index in [1.807, 2.05) is 36.4 Å². The minimum Gasteiger partial charge on any atom is -0.366 e. The van der Waals surface area contributed by atoms with E-state index in [4.69, 9.17) is 0 Å². The van der Waals surface area contributed by atoms with Gasteiger partial charge in [-0.3, -0.25) is 0 Å². The molecule has 6 heteroatoms. The van der Waals surface area contributed by atoms with Crippen molar-refractivity contribution in [2.75, 3.05) is 17.2 Å². The van der Waals surface area contributed by atoms with Crippen LogP contribution in [0.4, 0.5) is 26.2 Å². The normalized spacial score (nSPS) is 10.3. The van der Waals surface area contributed by atoms with Crippen LogP contribution in [-0.4, -0.2) is 16.5 Å². The third-order valence-corrected chi connectivity index (χ3v) is 3.40. The van der Waals surface area contributed by atoms with Gasteiger partial charge in [0.15, 0.2) is 11.6 Å². The fourth-order valence-corrected chi connectivity index (χ4v) is 2.23. The lowest BCUT2D eigenvalue weighted by Gasteiger charge is -2.11. The first kappa shape index (κ1) is 16.6. The van der Waals surface area contributed by atoms with E-state index in [1.54, 1.807) is 6.08 Å². The molecule has 0 saturated heterocycles. The number of anilines is 3. The zero-order chi connectivity index (χ0) is 17.6. The molecule has 0 aliphatic rings. The van der Waals surface area contributed by atoms with Gasteiger partial charge in [-0.25, -0.2) is 13.8 Å². The van der Waals surface area contributed by atoms with Gasteiger partial charge in [0.2, 0.25) is 5.95 Å². The van der Waals surface area contributed by atoms with Crippen molar-refractivity contribution in [1.29, 1.82) is 0 Å². The van der Waals surface area contributed by atoms with Crippen molar-refractivity contribution in [2.24, 2.45) is 0 Å². The summed E-state index contributed by atoms with van der Waals surface area (Å²) in [5.41, 5.74) is 1.98. The Bertz CT molecular complexity index is 882. The summed E-state index contributed by atoms with van der Waals surface area (Å²) < 4.78 is 26.5. The fraction of sp³-hybridized carbons (Fsp3) is 0.0526. The van der Waals surface area contributed by atoms with Crippen LogP contribution in [0.2, 0.25) is 0 Å². The molecular weight excluding hydrogens is 322 g/mol. The largest absolute Gasteiger partial charge is 0.366 e. The SMILES string of the molecule is C=CCNc1cc(-c2ccccc2)nc(Nc2ccc(F)c(F)c2)n1. The average Bonchev–Trinajstić information content (AvgIpc) is 2.63. The zero-order valence-electron chi connectivity index (χ0n) is 13.3. The number of benzene rings is 2. The molecule has 0 unspecified atom stereocenters.